The van der Waals surface area contributed by atoms with E-state index >= 15 is 0 Å². The third-order valence-corrected chi connectivity index (χ3v) is 8.05. The Balaban J connectivity index is 0.000000489. The van der Waals surface area contributed by atoms with E-state index in [1.165, 1.54) is 12.5 Å². The summed E-state index contributed by atoms with van der Waals surface area (Å²) < 4.78 is 32.2. The second kappa shape index (κ2) is 9.68. The van der Waals surface area contributed by atoms with Crippen LogP contribution in [-0.4, -0.2) is 8.42 Å². The van der Waals surface area contributed by atoms with Gasteiger partial charge in [0.15, 0.2) is 0 Å². The van der Waals surface area contributed by atoms with Crippen LogP contribution in [0.2, 0.25) is 0 Å². The lowest BCUT2D eigenvalue weighted by Crippen LogP contribution is -2.04. The van der Waals surface area contributed by atoms with Crippen molar-refractivity contribution in [3.63, 3.8) is 0 Å². The van der Waals surface area contributed by atoms with Crippen LogP contribution in [0.5, 0.6) is 0 Å². The van der Waals surface area contributed by atoms with Gasteiger partial charge in [-0.15, -0.1) is 0 Å². The molecule has 0 unspecified atom stereocenters. The van der Waals surface area contributed by atoms with Gasteiger partial charge in [-0.2, -0.15) is 0 Å². The van der Waals surface area contributed by atoms with Gasteiger partial charge in [-0.3, -0.25) is 0 Å². The standard InChI is InChI=1S/C28H18O2S.C4H6O/c29-31(30,27-13-5-11-23-15-19-7-1-3-9-21(19)17-25(23)27)28-14-6-12-24-16-20-8-2-4-10-22(20)18-26(24)28;1-3-5-4-2/h1-18H;3-4H,1-2H2. The number of ether oxygens (including phenoxy) is 1. The molecule has 0 saturated heterocycles. The Kier molecular flexibility index (Phi) is 6.28. The lowest BCUT2D eigenvalue weighted by Gasteiger charge is -2.12. The van der Waals surface area contributed by atoms with Gasteiger partial charge in [0.1, 0.15) is 0 Å². The minimum absolute atomic E-state index is 0.344. The molecule has 6 rings (SSSR count). The largest absolute Gasteiger partial charge is 0.474 e. The molecule has 0 N–H and O–H groups in total. The lowest BCUT2D eigenvalue weighted by atomic mass is 10.0. The van der Waals surface area contributed by atoms with Crippen molar-refractivity contribution < 1.29 is 13.2 Å². The second-order valence-electron chi connectivity index (χ2n) is 8.33. The molecule has 0 atom stereocenters. The summed E-state index contributed by atoms with van der Waals surface area (Å²) in [5.74, 6) is 0. The van der Waals surface area contributed by atoms with Gasteiger partial charge in [-0.25, -0.2) is 8.42 Å². The second-order valence-corrected chi connectivity index (χ2v) is 10.2. The van der Waals surface area contributed by atoms with Gasteiger partial charge in [-0.1, -0.05) is 86.0 Å². The molecule has 0 aliphatic rings. The van der Waals surface area contributed by atoms with Crippen LogP contribution in [0.1, 0.15) is 0 Å². The molecule has 6 aromatic rings. The highest BCUT2D eigenvalue weighted by atomic mass is 32.2. The van der Waals surface area contributed by atoms with Crippen LogP contribution in [-0.2, 0) is 14.6 Å². The first-order chi connectivity index (χ1) is 17.5. The lowest BCUT2D eigenvalue weighted by molar-refractivity contribution is 0.406. The van der Waals surface area contributed by atoms with Crippen molar-refractivity contribution in [3.8, 4) is 0 Å². The van der Waals surface area contributed by atoms with Gasteiger partial charge < -0.3 is 4.74 Å². The fraction of sp³-hybridized carbons (Fsp3) is 0. The maximum Gasteiger partial charge on any atom is 0.207 e. The van der Waals surface area contributed by atoms with E-state index < -0.39 is 9.84 Å². The van der Waals surface area contributed by atoms with Gasteiger partial charge in [-0.05, 0) is 68.7 Å². The first-order valence-electron chi connectivity index (χ1n) is 11.5. The van der Waals surface area contributed by atoms with Crippen LogP contribution >= 0.6 is 0 Å². The molecule has 0 bridgehead atoms. The molecule has 0 spiro atoms. The minimum atomic E-state index is -3.73. The molecule has 6 aromatic carbocycles. The third-order valence-electron chi connectivity index (χ3n) is 6.18. The van der Waals surface area contributed by atoms with Crippen LogP contribution < -0.4 is 0 Å². The normalized spacial score (nSPS) is 11.2. The Morgan fingerprint density at radius 3 is 1.22 bits per heavy atom. The van der Waals surface area contributed by atoms with Gasteiger partial charge >= 0.3 is 0 Å². The van der Waals surface area contributed by atoms with Gasteiger partial charge in [0.2, 0.25) is 9.84 Å². The molecular formula is C32H24O3S. The minimum Gasteiger partial charge on any atom is -0.474 e. The maximum absolute atomic E-state index is 13.9. The average molecular weight is 489 g/mol. The van der Waals surface area contributed by atoms with Crippen LogP contribution in [0.15, 0.2) is 145 Å². The van der Waals surface area contributed by atoms with E-state index in [-0.39, 0.29) is 0 Å². The van der Waals surface area contributed by atoms with E-state index in [0.717, 1.165) is 43.1 Å². The Bertz CT molecular complexity index is 1740. The van der Waals surface area contributed by atoms with E-state index in [4.69, 9.17) is 0 Å². The highest BCUT2D eigenvalue weighted by Gasteiger charge is 2.23. The number of hydrogen-bond acceptors (Lipinski definition) is 3. The summed E-state index contributed by atoms with van der Waals surface area (Å²) in [7, 11) is -3.73. The summed E-state index contributed by atoms with van der Waals surface area (Å²) in [5.41, 5.74) is 0. The third kappa shape index (κ3) is 4.23. The van der Waals surface area contributed by atoms with E-state index in [9.17, 15) is 8.42 Å². The van der Waals surface area contributed by atoms with Crippen molar-refractivity contribution in [1.82, 2.24) is 0 Å². The molecular weight excluding hydrogens is 464 g/mol. The molecule has 3 nitrogen and oxygen atoms in total. The molecule has 176 valence electrons. The first kappa shape index (κ1) is 23.3. The number of fused-ring (bicyclic) bond motifs is 4. The van der Waals surface area contributed by atoms with Crippen molar-refractivity contribution in [2.24, 2.45) is 0 Å². The van der Waals surface area contributed by atoms with E-state index in [2.05, 4.69) is 30.0 Å². The Morgan fingerprint density at radius 2 is 0.861 bits per heavy atom. The molecule has 0 saturated carbocycles. The molecule has 4 heteroatoms. The topological polar surface area (TPSA) is 43.4 Å². The van der Waals surface area contributed by atoms with Crippen LogP contribution in [0.3, 0.4) is 0 Å². The van der Waals surface area contributed by atoms with Crippen molar-refractivity contribution in [2.45, 2.75) is 9.79 Å². The zero-order valence-corrected chi connectivity index (χ0v) is 20.4. The summed E-state index contributed by atoms with van der Waals surface area (Å²) in [6, 6.07) is 35.2. The van der Waals surface area contributed by atoms with Gasteiger partial charge in [0, 0.05) is 10.8 Å². The van der Waals surface area contributed by atoms with E-state index in [0.29, 0.717) is 9.79 Å². The first-order valence-corrected chi connectivity index (χ1v) is 13.0. The predicted octanol–water partition coefficient (Wildman–Crippen LogP) is 8.42. The quantitative estimate of drug-likeness (QED) is 0.185. The Labute approximate surface area is 210 Å². The predicted molar refractivity (Wildman–Crippen MR) is 150 cm³/mol. The van der Waals surface area contributed by atoms with E-state index in [1.54, 1.807) is 12.1 Å². The number of rotatable bonds is 4. The van der Waals surface area contributed by atoms with Crippen molar-refractivity contribution in [2.75, 3.05) is 0 Å². The maximum atomic E-state index is 13.9. The van der Waals surface area contributed by atoms with Crippen molar-refractivity contribution in [1.29, 1.82) is 0 Å². The fourth-order valence-electron chi connectivity index (χ4n) is 4.53. The molecule has 0 radical (unpaired) electrons. The molecule has 0 aromatic heterocycles. The summed E-state index contributed by atoms with van der Waals surface area (Å²) in [6.07, 6.45) is 2.62. The van der Waals surface area contributed by atoms with Crippen molar-refractivity contribution in [3.05, 3.63) is 135 Å². The number of benzene rings is 6. The summed E-state index contributed by atoms with van der Waals surface area (Å²) in [5, 5.41) is 7.60. The van der Waals surface area contributed by atoms with Crippen molar-refractivity contribution >= 4 is 52.9 Å². The number of sulfone groups is 1. The number of hydrogen-bond donors (Lipinski definition) is 0. The molecule has 0 aliphatic heterocycles. The smallest absolute Gasteiger partial charge is 0.207 e. The molecule has 0 heterocycles. The Morgan fingerprint density at radius 1 is 0.500 bits per heavy atom. The zero-order valence-electron chi connectivity index (χ0n) is 19.6. The van der Waals surface area contributed by atoms with Crippen LogP contribution in [0, 0.1) is 0 Å². The molecule has 0 fully saturated rings. The molecule has 0 aliphatic carbocycles. The molecule has 0 amide bonds. The Hall–Kier alpha value is -4.41. The average Bonchev–Trinajstić information content (AvgIpc) is 2.90. The van der Waals surface area contributed by atoms with Gasteiger partial charge in [0.25, 0.3) is 0 Å². The SMILES string of the molecule is C=COC=C.O=S(=O)(c1cccc2cc3ccccc3cc12)c1cccc2cc3ccccc3cc12. The molecule has 36 heavy (non-hydrogen) atoms. The fourth-order valence-corrected chi connectivity index (χ4v) is 6.22. The van der Waals surface area contributed by atoms with Crippen LogP contribution in [0.4, 0.5) is 0 Å². The highest BCUT2D eigenvalue weighted by Crippen LogP contribution is 2.35. The van der Waals surface area contributed by atoms with E-state index in [1.807, 2.05) is 84.9 Å². The zero-order chi connectivity index (χ0) is 25.1. The summed E-state index contributed by atoms with van der Waals surface area (Å²) in [6.45, 7) is 6.51. The highest BCUT2D eigenvalue weighted by molar-refractivity contribution is 7.92. The van der Waals surface area contributed by atoms with Gasteiger partial charge in [0.05, 0.1) is 22.3 Å². The summed E-state index contributed by atoms with van der Waals surface area (Å²) >= 11 is 0. The monoisotopic (exact) mass is 488 g/mol. The summed E-state index contributed by atoms with van der Waals surface area (Å²) in [4.78, 5) is 0.688. The van der Waals surface area contributed by atoms with Crippen LogP contribution in [0.25, 0.3) is 43.1 Å².